The van der Waals surface area contributed by atoms with Crippen molar-refractivity contribution in [2.75, 3.05) is 0 Å². The van der Waals surface area contributed by atoms with Crippen LogP contribution in [0.25, 0.3) is 22.3 Å². The molecule has 152 valence electrons. The van der Waals surface area contributed by atoms with Crippen molar-refractivity contribution in [2.24, 2.45) is 0 Å². The maximum absolute atomic E-state index is 12.4. The first-order chi connectivity index (χ1) is 14.5. The molecule has 0 unspecified atom stereocenters. The highest BCUT2D eigenvalue weighted by atomic mass is 35.5. The van der Waals surface area contributed by atoms with Crippen LogP contribution in [0.3, 0.4) is 0 Å². The summed E-state index contributed by atoms with van der Waals surface area (Å²) in [5.41, 5.74) is 7.41. The third-order valence-corrected chi connectivity index (χ3v) is 5.09. The molecule has 0 aliphatic carbocycles. The molecule has 0 fully saturated rings. The van der Waals surface area contributed by atoms with Crippen molar-refractivity contribution in [2.45, 2.75) is 13.0 Å². The van der Waals surface area contributed by atoms with E-state index in [1.807, 2.05) is 24.3 Å². The van der Waals surface area contributed by atoms with E-state index in [9.17, 15) is 9.59 Å². The number of para-hydroxylation sites is 1. The number of H-pyrrole nitrogens is 2. The van der Waals surface area contributed by atoms with E-state index < -0.39 is 5.91 Å². The molecule has 0 aliphatic heterocycles. The fourth-order valence-corrected chi connectivity index (χ4v) is 3.42. The maximum atomic E-state index is 12.4. The van der Waals surface area contributed by atoms with Crippen LogP contribution in [-0.4, -0.2) is 31.6 Å². The Bertz CT molecular complexity index is 1270. The number of fused-ring (bicyclic) bond motifs is 1. The zero-order valence-electron chi connectivity index (χ0n) is 15.6. The number of aromatic amines is 2. The van der Waals surface area contributed by atoms with Gasteiger partial charge < -0.3 is 4.98 Å². The van der Waals surface area contributed by atoms with Crippen LogP contribution in [-0.2, 0) is 22.6 Å². The van der Waals surface area contributed by atoms with Gasteiger partial charge in [-0.1, -0.05) is 29.8 Å². The number of benzene rings is 2. The highest BCUT2D eigenvalue weighted by Gasteiger charge is 2.14. The molecule has 0 spiro atoms. The molecular weight excluding hydrogens is 424 g/mol. The molecule has 2 aromatic heterocycles. The Morgan fingerprint density at radius 2 is 1.80 bits per heavy atom. The van der Waals surface area contributed by atoms with Crippen LogP contribution in [0.15, 0.2) is 54.7 Å². The van der Waals surface area contributed by atoms with Gasteiger partial charge in [0.15, 0.2) is 10.6 Å². The van der Waals surface area contributed by atoms with E-state index in [-0.39, 0.29) is 18.9 Å². The van der Waals surface area contributed by atoms with Crippen LogP contribution >= 0.6 is 23.8 Å². The van der Waals surface area contributed by atoms with E-state index >= 15 is 0 Å². The van der Waals surface area contributed by atoms with E-state index in [4.69, 9.17) is 23.8 Å². The van der Waals surface area contributed by atoms with E-state index in [0.29, 0.717) is 15.6 Å². The van der Waals surface area contributed by atoms with Gasteiger partial charge in [0, 0.05) is 27.7 Å². The van der Waals surface area contributed by atoms with Crippen LogP contribution in [0.5, 0.6) is 0 Å². The number of carbonyl (C=O) groups excluding carboxylic acids is 2. The number of carbonyl (C=O) groups is 2. The van der Waals surface area contributed by atoms with Crippen LogP contribution < -0.4 is 10.9 Å². The van der Waals surface area contributed by atoms with Crippen LogP contribution in [0, 0.1) is 4.77 Å². The molecular formula is C20H17ClN6O2S. The number of hydrogen-bond acceptors (Lipinski definition) is 4. The molecule has 0 saturated carbocycles. The second-order valence-electron chi connectivity index (χ2n) is 6.58. The first-order valence-electron chi connectivity index (χ1n) is 9.05. The lowest BCUT2D eigenvalue weighted by molar-refractivity contribution is -0.128. The van der Waals surface area contributed by atoms with E-state index in [2.05, 4.69) is 26.0 Å². The Morgan fingerprint density at radius 3 is 2.60 bits per heavy atom. The molecule has 4 aromatic rings. The topological polar surface area (TPSA) is 108 Å². The van der Waals surface area contributed by atoms with Crippen molar-refractivity contribution < 1.29 is 9.59 Å². The molecule has 0 saturated heterocycles. The number of rotatable bonds is 5. The number of nitrogens with zero attached hydrogens (tertiary/aromatic N) is 2. The zero-order valence-corrected chi connectivity index (χ0v) is 17.2. The quantitative estimate of drug-likeness (QED) is 0.282. The summed E-state index contributed by atoms with van der Waals surface area (Å²) in [6.07, 6.45) is 1.92. The van der Waals surface area contributed by atoms with Crippen molar-refractivity contribution in [3.63, 3.8) is 0 Å². The zero-order chi connectivity index (χ0) is 21.1. The second-order valence-corrected chi connectivity index (χ2v) is 7.40. The number of hydrogen-bond donors (Lipinski definition) is 4. The van der Waals surface area contributed by atoms with Crippen LogP contribution in [0.1, 0.15) is 5.56 Å². The van der Waals surface area contributed by atoms with E-state index in [1.165, 1.54) is 0 Å². The number of aromatic nitrogens is 4. The molecule has 2 amide bonds. The van der Waals surface area contributed by atoms with Gasteiger partial charge in [0.05, 0.1) is 6.42 Å². The van der Waals surface area contributed by atoms with Gasteiger partial charge in [-0.25, -0.2) is 0 Å². The van der Waals surface area contributed by atoms with Gasteiger partial charge in [-0.2, -0.15) is 5.10 Å². The standard InChI is InChI=1S/C20H17ClN6O2S/c21-14-7-5-12(6-8-14)19-25-26-20(30)27(19)11-18(29)24-23-17(28)9-13-10-22-16-4-2-1-3-15(13)16/h1-8,10,22H,9,11H2,(H,23,28)(H,24,29)(H,26,30). The average Bonchev–Trinajstić information content (AvgIpc) is 3.31. The largest absolute Gasteiger partial charge is 0.361 e. The smallest absolute Gasteiger partial charge is 0.258 e. The summed E-state index contributed by atoms with van der Waals surface area (Å²) >= 11 is 11.1. The third kappa shape index (κ3) is 4.27. The highest BCUT2D eigenvalue weighted by Crippen LogP contribution is 2.20. The number of halogens is 1. The summed E-state index contributed by atoms with van der Waals surface area (Å²) in [7, 11) is 0. The molecule has 30 heavy (non-hydrogen) atoms. The van der Waals surface area contributed by atoms with Crippen molar-refractivity contribution in [3.05, 3.63) is 70.1 Å². The van der Waals surface area contributed by atoms with Crippen molar-refractivity contribution >= 4 is 46.5 Å². The number of hydrazine groups is 1. The fourth-order valence-electron chi connectivity index (χ4n) is 3.10. The van der Waals surface area contributed by atoms with Gasteiger partial charge in [-0.3, -0.25) is 30.1 Å². The molecule has 0 aliphatic rings. The molecule has 2 heterocycles. The van der Waals surface area contributed by atoms with Crippen LogP contribution in [0.2, 0.25) is 5.02 Å². The lowest BCUT2D eigenvalue weighted by Gasteiger charge is -2.09. The molecule has 4 rings (SSSR count). The number of amides is 2. The molecule has 4 N–H and O–H groups in total. The third-order valence-electron chi connectivity index (χ3n) is 4.53. The maximum Gasteiger partial charge on any atom is 0.258 e. The van der Waals surface area contributed by atoms with Gasteiger partial charge in [-0.05, 0) is 48.1 Å². The number of nitrogens with one attached hydrogen (secondary N) is 4. The van der Waals surface area contributed by atoms with Crippen molar-refractivity contribution in [1.82, 2.24) is 30.6 Å². The molecule has 0 radical (unpaired) electrons. The predicted molar refractivity (Wildman–Crippen MR) is 116 cm³/mol. The predicted octanol–water partition coefficient (Wildman–Crippen LogP) is 3.13. The van der Waals surface area contributed by atoms with Crippen molar-refractivity contribution in [3.8, 4) is 11.4 Å². The minimum absolute atomic E-state index is 0.110. The summed E-state index contributed by atoms with van der Waals surface area (Å²) in [6, 6.07) is 14.7. The SMILES string of the molecule is O=C(Cc1c[nH]c2ccccc12)NNC(=O)Cn1c(-c2ccc(Cl)cc2)n[nH]c1=S. The van der Waals surface area contributed by atoms with Gasteiger partial charge >= 0.3 is 0 Å². The minimum Gasteiger partial charge on any atom is -0.361 e. The minimum atomic E-state index is -0.435. The lowest BCUT2D eigenvalue weighted by Crippen LogP contribution is -2.43. The molecule has 10 heteroatoms. The fraction of sp³-hybridized carbons (Fsp3) is 0.100. The Kier molecular flexibility index (Phi) is 5.64. The molecule has 2 aromatic carbocycles. The molecule has 0 atom stereocenters. The molecule has 8 nitrogen and oxygen atoms in total. The summed E-state index contributed by atoms with van der Waals surface area (Å²) < 4.78 is 1.83. The highest BCUT2D eigenvalue weighted by molar-refractivity contribution is 7.71. The summed E-state index contributed by atoms with van der Waals surface area (Å²) in [6.45, 7) is -0.110. The first kappa shape index (κ1) is 19.9. The van der Waals surface area contributed by atoms with Gasteiger partial charge in [-0.15, -0.1) is 0 Å². The lowest BCUT2D eigenvalue weighted by atomic mass is 10.1. The van der Waals surface area contributed by atoms with Gasteiger partial charge in [0.2, 0.25) is 5.91 Å². The van der Waals surface area contributed by atoms with Crippen molar-refractivity contribution in [1.29, 1.82) is 0 Å². The summed E-state index contributed by atoms with van der Waals surface area (Å²) in [5.74, 6) is -0.270. The molecule has 0 bridgehead atoms. The Labute approximate surface area is 181 Å². The average molecular weight is 441 g/mol. The second kappa shape index (κ2) is 8.52. The van der Waals surface area contributed by atoms with Gasteiger partial charge in [0.1, 0.15) is 6.54 Å². The summed E-state index contributed by atoms with van der Waals surface area (Å²) in [4.78, 5) is 27.7. The first-order valence-corrected chi connectivity index (χ1v) is 9.83. The monoisotopic (exact) mass is 440 g/mol. The van der Waals surface area contributed by atoms with Crippen LogP contribution in [0.4, 0.5) is 0 Å². The normalized spacial score (nSPS) is 10.8. The van der Waals surface area contributed by atoms with Gasteiger partial charge in [0.25, 0.3) is 5.91 Å². The Hall–Kier alpha value is -3.43. The summed E-state index contributed by atoms with van der Waals surface area (Å²) in [5, 5.41) is 8.42. The Morgan fingerprint density at radius 1 is 1.07 bits per heavy atom. The van der Waals surface area contributed by atoms with E-state index in [1.54, 1.807) is 35.0 Å². The van der Waals surface area contributed by atoms with E-state index in [0.717, 1.165) is 22.0 Å². The Balaban J connectivity index is 1.38.